The second kappa shape index (κ2) is 10.4. The summed E-state index contributed by atoms with van der Waals surface area (Å²) in [5.74, 6) is 1.46. The summed E-state index contributed by atoms with van der Waals surface area (Å²) in [4.78, 5) is 29.0. The molecule has 1 aliphatic heterocycles. The first-order valence-electron chi connectivity index (χ1n) is 11.7. The summed E-state index contributed by atoms with van der Waals surface area (Å²) in [6.45, 7) is 2.25. The predicted molar refractivity (Wildman–Crippen MR) is 130 cm³/mol. The number of para-hydroxylation sites is 2. The van der Waals surface area contributed by atoms with Crippen LogP contribution in [0.3, 0.4) is 0 Å². The number of hydrogen-bond acceptors (Lipinski definition) is 6. The summed E-state index contributed by atoms with van der Waals surface area (Å²) >= 11 is 0. The molecule has 8 nitrogen and oxygen atoms in total. The second-order valence-corrected chi connectivity index (χ2v) is 8.52. The zero-order chi connectivity index (χ0) is 24.9. The third-order valence-corrected chi connectivity index (χ3v) is 5.94. The van der Waals surface area contributed by atoms with Crippen molar-refractivity contribution in [2.45, 2.75) is 32.2 Å². The highest BCUT2D eigenvalue weighted by atomic mass is 16.6. The van der Waals surface area contributed by atoms with Crippen LogP contribution in [0.1, 0.15) is 28.7 Å². The average molecular weight is 487 g/mol. The first kappa shape index (κ1) is 23.3. The maximum Gasteiger partial charge on any atom is 0.268 e. The summed E-state index contributed by atoms with van der Waals surface area (Å²) in [5.41, 5.74) is 1.70. The molecule has 0 bridgehead atoms. The van der Waals surface area contributed by atoms with E-state index in [0.29, 0.717) is 28.6 Å². The molecule has 5 rings (SSSR count). The van der Waals surface area contributed by atoms with Crippen molar-refractivity contribution in [2.75, 3.05) is 6.61 Å². The van der Waals surface area contributed by atoms with Crippen molar-refractivity contribution in [3.8, 4) is 11.5 Å². The van der Waals surface area contributed by atoms with Crippen LogP contribution in [-0.2, 0) is 22.7 Å². The molecule has 0 aliphatic carbocycles. The van der Waals surface area contributed by atoms with Crippen LogP contribution in [-0.4, -0.2) is 29.4 Å². The summed E-state index contributed by atoms with van der Waals surface area (Å²) in [7, 11) is 0. The highest BCUT2D eigenvalue weighted by Gasteiger charge is 2.38. The molecule has 0 saturated carbocycles. The molecule has 1 aliphatic rings. The monoisotopic (exact) mass is 486 g/mol. The second-order valence-electron chi connectivity index (χ2n) is 8.52. The van der Waals surface area contributed by atoms with Gasteiger partial charge in [0.25, 0.3) is 5.91 Å². The Morgan fingerprint density at radius 3 is 2.31 bits per heavy atom. The fourth-order valence-corrected chi connectivity index (χ4v) is 4.10. The Balaban J connectivity index is 1.48. The fraction of sp³-hybridized carbons (Fsp3) is 0.214. The highest BCUT2D eigenvalue weighted by Crippen LogP contribution is 2.33. The van der Waals surface area contributed by atoms with E-state index in [1.807, 2.05) is 43.3 Å². The Morgan fingerprint density at radius 1 is 0.917 bits per heavy atom. The van der Waals surface area contributed by atoms with Crippen LogP contribution in [0.25, 0.3) is 0 Å². The van der Waals surface area contributed by atoms with Crippen LogP contribution in [0.4, 0.5) is 0 Å². The number of nitrogens with one attached hydrogen (secondary N) is 1. The highest BCUT2D eigenvalue weighted by molar-refractivity contribution is 5.90. The van der Waals surface area contributed by atoms with Crippen LogP contribution in [0, 0.1) is 6.92 Å². The number of rotatable bonds is 8. The van der Waals surface area contributed by atoms with E-state index in [0.717, 1.165) is 5.56 Å². The quantitative estimate of drug-likeness (QED) is 0.397. The van der Waals surface area contributed by atoms with E-state index >= 15 is 0 Å². The maximum absolute atomic E-state index is 13.9. The van der Waals surface area contributed by atoms with E-state index in [4.69, 9.17) is 18.3 Å². The minimum atomic E-state index is -0.945. The number of carbonyl (C=O) groups is 2. The Labute approximate surface area is 208 Å². The van der Waals surface area contributed by atoms with Gasteiger partial charge in [-0.15, -0.1) is 0 Å². The predicted octanol–water partition coefficient (Wildman–Crippen LogP) is 4.41. The lowest BCUT2D eigenvalue weighted by molar-refractivity contribution is -0.149. The van der Waals surface area contributed by atoms with Crippen LogP contribution in [0.5, 0.6) is 11.5 Å². The molecule has 0 spiro atoms. The van der Waals surface area contributed by atoms with E-state index in [2.05, 4.69) is 5.32 Å². The topological polar surface area (TPSA) is 94.2 Å². The number of nitrogens with zero attached hydrogens (tertiary/aromatic N) is 1. The number of benzene rings is 2. The number of ether oxygens (including phenoxy) is 2. The molecule has 0 radical (unpaired) electrons. The van der Waals surface area contributed by atoms with E-state index in [1.165, 1.54) is 11.2 Å². The maximum atomic E-state index is 13.9. The van der Waals surface area contributed by atoms with Crippen LogP contribution < -0.4 is 14.8 Å². The Kier molecular flexibility index (Phi) is 6.75. The lowest BCUT2D eigenvalue weighted by Crippen LogP contribution is -2.50. The third-order valence-electron chi connectivity index (χ3n) is 5.94. The molecule has 0 fully saturated rings. The van der Waals surface area contributed by atoms with Crippen molar-refractivity contribution in [2.24, 2.45) is 0 Å². The van der Waals surface area contributed by atoms with Gasteiger partial charge in [0.1, 0.15) is 24.2 Å². The molecule has 1 N–H and O–H groups in total. The number of aryl methyl sites for hydroxylation is 1. The molecule has 3 heterocycles. The van der Waals surface area contributed by atoms with Crippen molar-refractivity contribution in [3.05, 3.63) is 108 Å². The SMILES string of the molecule is Cc1ccc([C@H](C(=O)NCc2ccco2)N(Cc2ccco2)C(=O)[C@@H]2COc3ccccc3O2)cc1. The number of hydrogen-bond donors (Lipinski definition) is 1. The van der Waals surface area contributed by atoms with Gasteiger partial charge in [-0.2, -0.15) is 0 Å². The summed E-state index contributed by atoms with van der Waals surface area (Å²) < 4.78 is 22.7. The van der Waals surface area contributed by atoms with E-state index in [1.54, 1.807) is 42.7 Å². The van der Waals surface area contributed by atoms with Gasteiger partial charge in [-0.1, -0.05) is 42.0 Å². The molecule has 8 heteroatoms. The normalized spacial score (nSPS) is 15.2. The van der Waals surface area contributed by atoms with Crippen molar-refractivity contribution in [1.29, 1.82) is 0 Å². The number of furan rings is 2. The van der Waals surface area contributed by atoms with Crippen molar-refractivity contribution >= 4 is 11.8 Å². The molecule has 36 heavy (non-hydrogen) atoms. The minimum absolute atomic E-state index is 0.0269. The van der Waals surface area contributed by atoms with Crippen molar-refractivity contribution in [1.82, 2.24) is 10.2 Å². The van der Waals surface area contributed by atoms with Gasteiger partial charge < -0.3 is 28.5 Å². The largest absolute Gasteiger partial charge is 0.485 e. The Hall–Kier alpha value is -4.46. The van der Waals surface area contributed by atoms with E-state index < -0.39 is 12.1 Å². The molecule has 4 aromatic rings. The molecular formula is C28H26N2O6. The molecule has 184 valence electrons. The number of fused-ring (bicyclic) bond motifs is 1. The lowest BCUT2D eigenvalue weighted by atomic mass is 10.0. The average Bonchev–Trinajstić information content (AvgIpc) is 3.62. The lowest BCUT2D eigenvalue weighted by Gasteiger charge is -2.35. The molecule has 2 amide bonds. The van der Waals surface area contributed by atoms with Crippen molar-refractivity contribution < 1.29 is 27.9 Å². The molecule has 0 unspecified atom stereocenters. The number of carbonyl (C=O) groups excluding carboxylic acids is 2. The summed E-state index contributed by atoms with van der Waals surface area (Å²) in [5, 5.41) is 2.90. The van der Waals surface area contributed by atoms with Gasteiger partial charge in [-0.25, -0.2) is 0 Å². The Bertz CT molecular complexity index is 1300. The van der Waals surface area contributed by atoms with Gasteiger partial charge in [-0.3, -0.25) is 9.59 Å². The molecule has 2 aromatic heterocycles. The van der Waals surface area contributed by atoms with Crippen LogP contribution in [0.15, 0.2) is 94.2 Å². The van der Waals surface area contributed by atoms with E-state index in [-0.39, 0.29) is 31.5 Å². The van der Waals surface area contributed by atoms with Gasteiger partial charge in [-0.05, 0) is 48.9 Å². The standard InChI is InChI=1S/C28H26N2O6/c1-19-10-12-20(13-11-19)26(27(31)29-16-21-6-4-14-33-21)30(17-22-7-5-15-34-22)28(32)25-18-35-23-8-2-3-9-24(23)36-25/h2-15,25-26H,16-18H2,1H3,(H,29,31)/t25-,26+/m0/s1. The minimum Gasteiger partial charge on any atom is -0.485 e. The molecule has 2 atom stereocenters. The fourth-order valence-electron chi connectivity index (χ4n) is 4.10. The third kappa shape index (κ3) is 5.12. The smallest absolute Gasteiger partial charge is 0.268 e. The zero-order valence-corrected chi connectivity index (χ0v) is 19.8. The number of amides is 2. The van der Waals surface area contributed by atoms with Crippen LogP contribution in [0.2, 0.25) is 0 Å². The van der Waals surface area contributed by atoms with Crippen molar-refractivity contribution in [3.63, 3.8) is 0 Å². The van der Waals surface area contributed by atoms with E-state index in [9.17, 15) is 9.59 Å². The summed E-state index contributed by atoms with van der Waals surface area (Å²) in [6.07, 6.45) is 2.15. The molecule has 2 aromatic carbocycles. The Morgan fingerprint density at radius 2 is 1.61 bits per heavy atom. The zero-order valence-electron chi connectivity index (χ0n) is 19.8. The van der Waals surface area contributed by atoms with Gasteiger partial charge in [0.15, 0.2) is 11.5 Å². The van der Waals surface area contributed by atoms with Gasteiger partial charge in [0.05, 0.1) is 25.6 Å². The van der Waals surface area contributed by atoms with Gasteiger partial charge in [0.2, 0.25) is 12.0 Å². The summed E-state index contributed by atoms with van der Waals surface area (Å²) in [6, 6.07) is 20.8. The molecular weight excluding hydrogens is 460 g/mol. The first-order chi connectivity index (χ1) is 17.6. The van der Waals surface area contributed by atoms with Gasteiger partial charge >= 0.3 is 0 Å². The van der Waals surface area contributed by atoms with Gasteiger partial charge in [0, 0.05) is 0 Å². The first-order valence-corrected chi connectivity index (χ1v) is 11.7. The molecule has 0 saturated heterocycles. The van der Waals surface area contributed by atoms with Crippen LogP contribution >= 0.6 is 0 Å².